The highest BCUT2D eigenvalue weighted by molar-refractivity contribution is 9.11. The Labute approximate surface area is 164 Å². The minimum Gasteiger partial charge on any atom is -0.334 e. The number of rotatable bonds is 4. The maximum Gasteiger partial charge on any atom is 0.257 e. The van der Waals surface area contributed by atoms with E-state index in [2.05, 4.69) is 26.1 Å². The largest absolute Gasteiger partial charge is 0.334 e. The molecule has 1 aliphatic rings. The van der Waals surface area contributed by atoms with Crippen molar-refractivity contribution < 1.29 is 12.9 Å². The molecule has 9 heteroatoms. The molecule has 2 aromatic heterocycles. The summed E-state index contributed by atoms with van der Waals surface area (Å²) >= 11 is 4.55. The summed E-state index contributed by atoms with van der Waals surface area (Å²) in [5.41, 5.74) is 0.884. The summed E-state index contributed by atoms with van der Waals surface area (Å²) in [5, 5.41) is 4.11. The zero-order valence-electron chi connectivity index (χ0n) is 13.7. The van der Waals surface area contributed by atoms with Crippen molar-refractivity contribution >= 4 is 37.3 Å². The Bertz CT molecular complexity index is 993. The van der Waals surface area contributed by atoms with Gasteiger partial charge in [-0.2, -0.15) is 9.29 Å². The van der Waals surface area contributed by atoms with Gasteiger partial charge in [0, 0.05) is 24.6 Å². The monoisotopic (exact) mass is 453 g/mol. The number of nitrogens with zero attached hydrogens (tertiary/aromatic N) is 3. The summed E-state index contributed by atoms with van der Waals surface area (Å²) in [6.45, 7) is 0.912. The SMILES string of the molecule is O=S(=O)(c1ccc(Br)s1)N1CCC(c2noc(-c3ccccc3)n2)CC1. The Kier molecular flexibility index (Phi) is 4.96. The number of hydrogen-bond acceptors (Lipinski definition) is 6. The molecule has 3 aromatic rings. The van der Waals surface area contributed by atoms with E-state index in [0.717, 1.165) is 9.35 Å². The fourth-order valence-corrected chi connectivity index (χ4v) is 6.65. The summed E-state index contributed by atoms with van der Waals surface area (Å²) in [5.74, 6) is 1.26. The fourth-order valence-electron chi connectivity index (χ4n) is 3.02. The second-order valence-electron chi connectivity index (χ2n) is 6.06. The van der Waals surface area contributed by atoms with Crippen LogP contribution in [0.2, 0.25) is 0 Å². The van der Waals surface area contributed by atoms with Crippen LogP contribution < -0.4 is 0 Å². The average molecular weight is 454 g/mol. The van der Waals surface area contributed by atoms with Crippen LogP contribution in [0, 0.1) is 0 Å². The summed E-state index contributed by atoms with van der Waals surface area (Å²) in [4.78, 5) is 4.50. The van der Waals surface area contributed by atoms with Crippen molar-refractivity contribution in [1.29, 1.82) is 0 Å². The molecular weight excluding hydrogens is 438 g/mol. The van der Waals surface area contributed by atoms with Crippen molar-refractivity contribution in [3.8, 4) is 11.5 Å². The van der Waals surface area contributed by atoms with Crippen LogP contribution in [0.1, 0.15) is 24.6 Å². The predicted molar refractivity (Wildman–Crippen MR) is 102 cm³/mol. The quantitative estimate of drug-likeness (QED) is 0.593. The first-order chi connectivity index (χ1) is 12.5. The smallest absolute Gasteiger partial charge is 0.257 e. The lowest BCUT2D eigenvalue weighted by Crippen LogP contribution is -2.37. The van der Waals surface area contributed by atoms with Crippen LogP contribution in [-0.2, 0) is 10.0 Å². The minimum atomic E-state index is -3.43. The fraction of sp³-hybridized carbons (Fsp3) is 0.294. The Morgan fingerprint density at radius 1 is 1.12 bits per heavy atom. The Morgan fingerprint density at radius 2 is 1.85 bits per heavy atom. The van der Waals surface area contributed by atoms with E-state index in [4.69, 9.17) is 4.52 Å². The molecule has 0 saturated carbocycles. The van der Waals surface area contributed by atoms with E-state index in [1.165, 1.54) is 11.3 Å². The van der Waals surface area contributed by atoms with Gasteiger partial charge in [0.2, 0.25) is 0 Å². The number of hydrogen-bond donors (Lipinski definition) is 0. The summed E-state index contributed by atoms with van der Waals surface area (Å²) in [6, 6.07) is 13.0. The van der Waals surface area contributed by atoms with Crippen LogP contribution in [-0.4, -0.2) is 36.0 Å². The number of sulfonamides is 1. The van der Waals surface area contributed by atoms with E-state index < -0.39 is 10.0 Å². The van der Waals surface area contributed by atoms with Gasteiger partial charge in [-0.15, -0.1) is 11.3 Å². The molecule has 0 bridgehead atoms. The van der Waals surface area contributed by atoms with E-state index >= 15 is 0 Å². The highest BCUT2D eigenvalue weighted by Gasteiger charge is 2.32. The molecule has 0 amide bonds. The molecule has 0 atom stereocenters. The molecule has 6 nitrogen and oxygen atoms in total. The maximum absolute atomic E-state index is 12.7. The number of benzene rings is 1. The van der Waals surface area contributed by atoms with Gasteiger partial charge in [0.15, 0.2) is 5.82 Å². The Morgan fingerprint density at radius 3 is 2.50 bits per heavy atom. The van der Waals surface area contributed by atoms with Crippen LogP contribution in [0.4, 0.5) is 0 Å². The average Bonchev–Trinajstić information content (AvgIpc) is 3.32. The molecule has 0 N–H and O–H groups in total. The van der Waals surface area contributed by atoms with Crippen LogP contribution in [0.5, 0.6) is 0 Å². The molecule has 0 aliphatic carbocycles. The van der Waals surface area contributed by atoms with Gasteiger partial charge in [-0.3, -0.25) is 0 Å². The number of halogens is 1. The number of thiophene rings is 1. The van der Waals surface area contributed by atoms with Crippen molar-refractivity contribution in [3.63, 3.8) is 0 Å². The van der Waals surface area contributed by atoms with Crippen molar-refractivity contribution in [2.45, 2.75) is 23.0 Å². The summed E-state index contributed by atoms with van der Waals surface area (Å²) < 4.78 is 33.5. The van der Waals surface area contributed by atoms with Gasteiger partial charge in [-0.25, -0.2) is 8.42 Å². The Hall–Kier alpha value is -1.55. The van der Waals surface area contributed by atoms with E-state index in [-0.39, 0.29) is 5.92 Å². The molecule has 0 unspecified atom stereocenters. The van der Waals surface area contributed by atoms with Crippen molar-refractivity contribution in [3.05, 3.63) is 52.1 Å². The second kappa shape index (κ2) is 7.22. The van der Waals surface area contributed by atoms with E-state index in [1.807, 2.05) is 30.3 Å². The first kappa shape index (κ1) is 17.8. The van der Waals surface area contributed by atoms with Gasteiger partial charge in [-0.1, -0.05) is 23.4 Å². The predicted octanol–water partition coefficient (Wildman–Crippen LogP) is 4.13. The van der Waals surface area contributed by atoms with E-state index in [0.29, 0.717) is 41.9 Å². The van der Waals surface area contributed by atoms with Gasteiger partial charge < -0.3 is 4.52 Å². The molecule has 0 spiro atoms. The number of piperidine rings is 1. The number of aromatic nitrogens is 2. The molecule has 0 radical (unpaired) electrons. The van der Waals surface area contributed by atoms with E-state index in [1.54, 1.807) is 16.4 Å². The third-order valence-electron chi connectivity index (χ3n) is 4.42. The van der Waals surface area contributed by atoms with Crippen LogP contribution >= 0.6 is 27.3 Å². The highest BCUT2D eigenvalue weighted by atomic mass is 79.9. The summed E-state index contributed by atoms with van der Waals surface area (Å²) in [6.07, 6.45) is 1.36. The first-order valence-electron chi connectivity index (χ1n) is 8.18. The maximum atomic E-state index is 12.7. The summed E-state index contributed by atoms with van der Waals surface area (Å²) in [7, 11) is -3.43. The van der Waals surface area contributed by atoms with Crippen LogP contribution in [0.15, 0.2) is 55.0 Å². The second-order valence-corrected chi connectivity index (χ2v) is 10.7. The third-order valence-corrected chi connectivity index (χ3v) is 8.41. The lowest BCUT2D eigenvalue weighted by atomic mass is 9.97. The van der Waals surface area contributed by atoms with Gasteiger partial charge in [0.05, 0.1) is 3.79 Å². The first-order valence-corrected chi connectivity index (χ1v) is 11.2. The molecule has 136 valence electrons. The molecule has 1 aliphatic heterocycles. The molecule has 26 heavy (non-hydrogen) atoms. The minimum absolute atomic E-state index is 0.109. The highest BCUT2D eigenvalue weighted by Crippen LogP contribution is 2.33. The molecule has 3 heterocycles. The topological polar surface area (TPSA) is 76.3 Å². The van der Waals surface area contributed by atoms with E-state index in [9.17, 15) is 8.42 Å². The zero-order valence-corrected chi connectivity index (χ0v) is 16.9. The normalized spacial score (nSPS) is 16.8. The van der Waals surface area contributed by atoms with Crippen molar-refractivity contribution in [2.75, 3.05) is 13.1 Å². The van der Waals surface area contributed by atoms with Crippen LogP contribution in [0.25, 0.3) is 11.5 Å². The third kappa shape index (κ3) is 3.48. The van der Waals surface area contributed by atoms with Crippen molar-refractivity contribution in [2.24, 2.45) is 0 Å². The molecular formula is C17H16BrN3O3S2. The molecule has 1 saturated heterocycles. The van der Waals surface area contributed by atoms with Gasteiger partial charge in [0.25, 0.3) is 15.9 Å². The molecule has 1 aromatic carbocycles. The lowest BCUT2D eigenvalue weighted by molar-refractivity contribution is 0.307. The van der Waals surface area contributed by atoms with Gasteiger partial charge in [0.1, 0.15) is 4.21 Å². The van der Waals surface area contributed by atoms with Crippen molar-refractivity contribution in [1.82, 2.24) is 14.4 Å². The van der Waals surface area contributed by atoms with Gasteiger partial charge >= 0.3 is 0 Å². The molecule has 1 fully saturated rings. The Balaban J connectivity index is 1.45. The lowest BCUT2D eigenvalue weighted by Gasteiger charge is -2.29. The molecule has 4 rings (SSSR count). The standard InChI is InChI=1S/C17H16BrN3O3S2/c18-14-6-7-15(25-14)26(22,23)21-10-8-12(9-11-21)16-19-17(24-20-16)13-4-2-1-3-5-13/h1-7,12H,8-11H2. The van der Waals surface area contributed by atoms with Gasteiger partial charge in [-0.05, 0) is 53.0 Å². The van der Waals surface area contributed by atoms with Crippen LogP contribution in [0.3, 0.4) is 0 Å². The zero-order chi connectivity index (χ0) is 18.1.